The molecule has 1 heterocycles. The molecule has 2 amide bonds. The first kappa shape index (κ1) is 19.2. The highest BCUT2D eigenvalue weighted by molar-refractivity contribution is 7.86. The van der Waals surface area contributed by atoms with E-state index in [1.165, 1.54) is 19.2 Å². The molecule has 1 unspecified atom stereocenters. The van der Waals surface area contributed by atoms with Gasteiger partial charge in [0.2, 0.25) is 0 Å². The van der Waals surface area contributed by atoms with E-state index < -0.39 is 27.5 Å². The highest BCUT2D eigenvalue weighted by Crippen LogP contribution is 2.26. The molecule has 0 radical (unpaired) electrons. The largest absolute Gasteiger partial charge is 0.465 e. The third-order valence-corrected chi connectivity index (χ3v) is 4.91. The second-order valence-corrected chi connectivity index (χ2v) is 6.98. The summed E-state index contributed by atoms with van der Waals surface area (Å²) in [7, 11) is -2.15. The van der Waals surface area contributed by atoms with Crippen molar-refractivity contribution in [3.63, 3.8) is 0 Å². The maximum atomic E-state index is 12.1. The quantitative estimate of drug-likeness (QED) is 0.599. The van der Waals surface area contributed by atoms with Crippen molar-refractivity contribution >= 4 is 33.7 Å². The average molecular weight is 391 g/mol. The second kappa shape index (κ2) is 7.40. The molecule has 1 aromatic carbocycles. The van der Waals surface area contributed by atoms with Crippen LogP contribution in [0.25, 0.3) is 0 Å². The molecule has 0 aliphatic carbocycles. The highest BCUT2D eigenvalue weighted by atomic mass is 35.5. The van der Waals surface area contributed by atoms with Gasteiger partial charge in [-0.15, -0.1) is 0 Å². The average Bonchev–Trinajstić information content (AvgIpc) is 2.55. The molecule has 1 N–H and O–H groups in total. The number of nitrogens with zero attached hydrogens (tertiary/aromatic N) is 2. The van der Waals surface area contributed by atoms with E-state index in [4.69, 9.17) is 21.0 Å². The molecule has 25 heavy (non-hydrogen) atoms. The lowest BCUT2D eigenvalue weighted by Crippen LogP contribution is -2.51. The Bertz CT molecular complexity index is 807. The minimum Gasteiger partial charge on any atom is -0.465 e. The predicted molar refractivity (Wildman–Crippen MR) is 86.8 cm³/mol. The summed E-state index contributed by atoms with van der Waals surface area (Å²) in [5.74, 6) is -0.480. The number of methoxy groups -OCH3 is 1. The SMILES string of the molecule is COC(=O)c1ccc(CON2C=C(Cl)C(S(=O)(=O)O)N(C)C2=O)cc1. The summed E-state index contributed by atoms with van der Waals surface area (Å²) >= 11 is 5.83. The molecule has 1 aliphatic rings. The monoisotopic (exact) mass is 390 g/mol. The van der Waals surface area contributed by atoms with Crippen LogP contribution in [-0.2, 0) is 26.3 Å². The van der Waals surface area contributed by atoms with Crippen LogP contribution in [-0.4, -0.2) is 54.5 Å². The first-order valence-electron chi connectivity index (χ1n) is 6.85. The number of carbonyl (C=O) groups is 2. The molecule has 0 spiro atoms. The Balaban J connectivity index is 2.09. The summed E-state index contributed by atoms with van der Waals surface area (Å²) in [5, 5.41) is -1.22. The van der Waals surface area contributed by atoms with Crippen LogP contribution in [0.1, 0.15) is 15.9 Å². The molecule has 1 aromatic rings. The van der Waals surface area contributed by atoms with Gasteiger partial charge < -0.3 is 9.64 Å². The van der Waals surface area contributed by atoms with Crippen LogP contribution in [0.4, 0.5) is 4.79 Å². The van der Waals surface area contributed by atoms with Crippen LogP contribution >= 0.6 is 11.6 Å². The van der Waals surface area contributed by atoms with E-state index in [1.54, 1.807) is 12.1 Å². The van der Waals surface area contributed by atoms with Crippen molar-refractivity contribution in [1.82, 2.24) is 9.96 Å². The second-order valence-electron chi connectivity index (χ2n) is 5.06. The minimum atomic E-state index is -4.58. The fraction of sp³-hybridized carbons (Fsp3) is 0.286. The lowest BCUT2D eigenvalue weighted by atomic mass is 10.1. The summed E-state index contributed by atoms with van der Waals surface area (Å²) < 4.78 is 36.3. The molecule has 11 heteroatoms. The van der Waals surface area contributed by atoms with Crippen molar-refractivity contribution in [1.29, 1.82) is 0 Å². The van der Waals surface area contributed by atoms with Crippen molar-refractivity contribution in [2.75, 3.05) is 14.2 Å². The molecular weight excluding hydrogens is 376 g/mol. The molecule has 0 saturated heterocycles. The van der Waals surface area contributed by atoms with E-state index in [1.807, 2.05) is 0 Å². The Labute approximate surface area is 149 Å². The van der Waals surface area contributed by atoms with Gasteiger partial charge in [-0.2, -0.15) is 13.5 Å². The first-order valence-corrected chi connectivity index (χ1v) is 8.73. The predicted octanol–water partition coefficient (Wildman–Crippen LogP) is 1.57. The van der Waals surface area contributed by atoms with Crippen molar-refractivity contribution < 1.29 is 32.1 Å². The number of carbonyl (C=O) groups excluding carboxylic acids is 2. The smallest absolute Gasteiger partial charge is 0.349 e. The summed E-state index contributed by atoms with van der Waals surface area (Å²) in [6.07, 6.45) is 0.977. The lowest BCUT2D eigenvalue weighted by molar-refractivity contribution is -0.104. The third-order valence-electron chi connectivity index (χ3n) is 3.35. The molecule has 2 rings (SSSR count). The number of urea groups is 1. The molecule has 9 nitrogen and oxygen atoms in total. The summed E-state index contributed by atoms with van der Waals surface area (Å²) in [6.45, 7) is -0.0434. The summed E-state index contributed by atoms with van der Waals surface area (Å²) in [4.78, 5) is 29.5. The van der Waals surface area contributed by atoms with Gasteiger partial charge in [-0.3, -0.25) is 9.39 Å². The normalized spacial score (nSPS) is 18.2. The molecule has 1 aliphatic heterocycles. The highest BCUT2D eigenvalue weighted by Gasteiger charge is 2.40. The molecule has 0 saturated carbocycles. The number of likely N-dealkylation sites (N-methyl/N-ethyl adjacent to an activating group) is 1. The van der Waals surface area contributed by atoms with Crippen LogP contribution < -0.4 is 0 Å². The minimum absolute atomic E-state index is 0.0434. The standard InChI is InChI=1S/C14H15ClN2O7S/c1-16-12(25(20,21)22)11(15)7-17(14(16)19)24-8-9-3-5-10(6-4-9)13(18)23-2/h3-7,12H,8H2,1-2H3,(H,20,21,22). The van der Waals surface area contributed by atoms with E-state index >= 15 is 0 Å². The van der Waals surface area contributed by atoms with Gasteiger partial charge >= 0.3 is 12.0 Å². The van der Waals surface area contributed by atoms with Gasteiger partial charge in [-0.1, -0.05) is 23.7 Å². The van der Waals surface area contributed by atoms with E-state index in [9.17, 15) is 18.0 Å². The Hall–Kier alpha value is -2.14. The zero-order valence-electron chi connectivity index (χ0n) is 13.2. The third kappa shape index (κ3) is 4.28. The Morgan fingerprint density at radius 1 is 1.32 bits per heavy atom. The number of amides is 2. The lowest BCUT2D eigenvalue weighted by Gasteiger charge is -2.33. The number of hydroxylamine groups is 2. The number of esters is 1. The Kier molecular flexibility index (Phi) is 5.68. The molecular formula is C14H15ClN2O7S. The van der Waals surface area contributed by atoms with E-state index in [-0.39, 0.29) is 11.6 Å². The first-order chi connectivity index (χ1) is 11.6. The maximum absolute atomic E-state index is 12.1. The maximum Gasteiger partial charge on any atom is 0.349 e. The van der Waals surface area contributed by atoms with Gasteiger partial charge in [0.15, 0.2) is 5.37 Å². The van der Waals surface area contributed by atoms with E-state index in [0.29, 0.717) is 11.1 Å². The fourth-order valence-electron chi connectivity index (χ4n) is 2.11. The number of benzene rings is 1. The number of halogens is 1. The van der Waals surface area contributed by atoms with E-state index in [0.717, 1.165) is 23.2 Å². The number of hydrogen-bond acceptors (Lipinski definition) is 6. The summed E-state index contributed by atoms with van der Waals surface area (Å²) in [5.41, 5.74) is 1.00. The molecule has 0 bridgehead atoms. The molecule has 1 atom stereocenters. The van der Waals surface area contributed by atoms with Crippen molar-refractivity contribution in [3.05, 3.63) is 46.6 Å². The van der Waals surface area contributed by atoms with Crippen LogP contribution in [0.15, 0.2) is 35.5 Å². The number of ether oxygens (including phenoxy) is 1. The van der Waals surface area contributed by atoms with Crippen LogP contribution in [0.3, 0.4) is 0 Å². The molecule has 136 valence electrons. The molecule has 0 aromatic heterocycles. The van der Waals surface area contributed by atoms with Crippen molar-refractivity contribution in [3.8, 4) is 0 Å². The van der Waals surface area contributed by atoms with Crippen molar-refractivity contribution in [2.45, 2.75) is 12.0 Å². The zero-order valence-corrected chi connectivity index (χ0v) is 14.8. The van der Waals surface area contributed by atoms with Crippen LogP contribution in [0.5, 0.6) is 0 Å². The topological polar surface area (TPSA) is 113 Å². The van der Waals surface area contributed by atoms with Gasteiger partial charge in [0.25, 0.3) is 10.1 Å². The van der Waals surface area contributed by atoms with Crippen LogP contribution in [0.2, 0.25) is 0 Å². The van der Waals surface area contributed by atoms with Gasteiger partial charge in [0.1, 0.15) is 6.61 Å². The zero-order chi connectivity index (χ0) is 18.8. The van der Waals surface area contributed by atoms with Gasteiger partial charge in [-0.05, 0) is 17.7 Å². The van der Waals surface area contributed by atoms with Gasteiger partial charge in [0, 0.05) is 7.05 Å². The van der Waals surface area contributed by atoms with E-state index in [2.05, 4.69) is 4.74 Å². The molecule has 0 fully saturated rings. The van der Waals surface area contributed by atoms with Gasteiger partial charge in [0.05, 0.1) is 23.9 Å². The number of rotatable bonds is 5. The Morgan fingerprint density at radius 2 is 1.92 bits per heavy atom. The summed E-state index contributed by atoms with van der Waals surface area (Å²) in [6, 6.07) is 5.46. The van der Waals surface area contributed by atoms with Crippen LogP contribution in [0, 0.1) is 0 Å². The van der Waals surface area contributed by atoms with Crippen molar-refractivity contribution in [2.24, 2.45) is 0 Å². The fourth-order valence-corrected chi connectivity index (χ4v) is 3.51. The Morgan fingerprint density at radius 3 is 2.44 bits per heavy atom. The number of hydrogen-bond donors (Lipinski definition) is 1. The van der Waals surface area contributed by atoms with Gasteiger partial charge in [-0.25, -0.2) is 9.59 Å².